The van der Waals surface area contributed by atoms with Crippen LogP contribution in [0.5, 0.6) is 0 Å². The van der Waals surface area contributed by atoms with Crippen molar-refractivity contribution in [1.29, 1.82) is 0 Å². The first-order chi connectivity index (χ1) is 18.6. The van der Waals surface area contributed by atoms with Gasteiger partial charge in [-0.1, -0.05) is 70.0 Å². The maximum absolute atomic E-state index is 14.1. The summed E-state index contributed by atoms with van der Waals surface area (Å²) < 4.78 is 27.7. The van der Waals surface area contributed by atoms with Gasteiger partial charge in [0.05, 0.1) is 11.9 Å². The monoisotopic (exact) mass is 647 g/mol. The van der Waals surface area contributed by atoms with Gasteiger partial charge in [0.25, 0.3) is 0 Å². The molecule has 0 saturated heterocycles. The second kappa shape index (κ2) is 13.2. The van der Waals surface area contributed by atoms with Crippen molar-refractivity contribution in [2.45, 2.75) is 52.2 Å². The van der Waals surface area contributed by atoms with Crippen LogP contribution in [0.4, 0.5) is 5.69 Å². The molecule has 0 spiro atoms. The molecule has 1 N–H and O–H groups in total. The van der Waals surface area contributed by atoms with Gasteiger partial charge in [0.15, 0.2) is 0 Å². The highest BCUT2D eigenvalue weighted by Crippen LogP contribution is 2.26. The summed E-state index contributed by atoms with van der Waals surface area (Å²) in [5.74, 6) is -0.854. The zero-order chi connectivity index (χ0) is 29.7. The molecule has 0 aliphatic rings. The highest BCUT2D eigenvalue weighted by Gasteiger charge is 2.34. The van der Waals surface area contributed by atoms with Crippen molar-refractivity contribution in [3.63, 3.8) is 0 Å². The number of rotatable bonds is 10. The third kappa shape index (κ3) is 9.08. The number of benzene rings is 3. The number of hydrogen-bond acceptors (Lipinski definition) is 4. The summed E-state index contributed by atoms with van der Waals surface area (Å²) in [5, 5.41) is 3.50. The molecule has 0 heterocycles. The fourth-order valence-electron chi connectivity index (χ4n) is 4.24. The Hall–Kier alpha value is -2.88. The number of anilines is 1. The van der Waals surface area contributed by atoms with Crippen LogP contribution in [0.3, 0.4) is 0 Å². The first-order valence-electron chi connectivity index (χ1n) is 12.8. The molecular formula is C30H35BrClN3O4S. The molecule has 3 aromatic rings. The lowest BCUT2D eigenvalue weighted by Crippen LogP contribution is -2.56. The van der Waals surface area contributed by atoms with Gasteiger partial charge in [0.2, 0.25) is 21.8 Å². The quantitative estimate of drug-likeness (QED) is 0.304. The number of sulfonamides is 1. The Morgan fingerprint density at radius 1 is 0.975 bits per heavy atom. The molecule has 0 saturated carbocycles. The van der Waals surface area contributed by atoms with Crippen LogP contribution in [-0.2, 0) is 32.6 Å². The van der Waals surface area contributed by atoms with Gasteiger partial charge in [-0.25, -0.2) is 8.42 Å². The number of halogens is 2. The highest BCUT2D eigenvalue weighted by molar-refractivity contribution is 9.10. The molecule has 0 fully saturated rings. The second-order valence-electron chi connectivity index (χ2n) is 10.8. The van der Waals surface area contributed by atoms with Gasteiger partial charge in [-0.3, -0.25) is 13.9 Å². The van der Waals surface area contributed by atoms with E-state index >= 15 is 0 Å². The number of carbonyl (C=O) groups is 2. The Balaban J connectivity index is 2.09. The molecule has 0 aliphatic heterocycles. The lowest BCUT2D eigenvalue weighted by atomic mass is 10.0. The number of hydrogen-bond donors (Lipinski definition) is 1. The summed E-state index contributed by atoms with van der Waals surface area (Å²) in [6.45, 7) is 7.03. The second-order valence-corrected chi connectivity index (χ2v) is 14.0. The molecule has 0 aromatic heterocycles. The average Bonchev–Trinajstić information content (AvgIpc) is 2.85. The molecule has 0 unspecified atom stereocenters. The first-order valence-corrected chi connectivity index (χ1v) is 15.8. The lowest BCUT2D eigenvalue weighted by molar-refractivity contribution is -0.140. The molecule has 0 aliphatic carbocycles. The fraction of sp³-hybridized carbons (Fsp3) is 0.333. The molecule has 0 bridgehead atoms. The van der Waals surface area contributed by atoms with Crippen LogP contribution >= 0.6 is 27.5 Å². The van der Waals surface area contributed by atoms with Crippen LogP contribution in [-0.4, -0.2) is 49.5 Å². The Kier molecular flexibility index (Phi) is 10.4. The van der Waals surface area contributed by atoms with E-state index < -0.39 is 34.1 Å². The van der Waals surface area contributed by atoms with Crippen LogP contribution in [0.1, 0.15) is 37.5 Å². The molecule has 3 rings (SSSR count). The predicted octanol–water partition coefficient (Wildman–Crippen LogP) is 5.73. The number of nitrogens with zero attached hydrogens (tertiary/aromatic N) is 2. The summed E-state index contributed by atoms with van der Waals surface area (Å²) in [5.41, 5.74) is 2.21. The largest absolute Gasteiger partial charge is 0.350 e. The zero-order valence-corrected chi connectivity index (χ0v) is 26.5. The minimum atomic E-state index is -3.84. The average molecular weight is 649 g/mol. The van der Waals surface area contributed by atoms with Gasteiger partial charge in [-0.15, -0.1) is 0 Å². The van der Waals surface area contributed by atoms with Gasteiger partial charge in [0.1, 0.15) is 12.6 Å². The van der Waals surface area contributed by atoms with Crippen molar-refractivity contribution in [2.24, 2.45) is 0 Å². The number of amides is 2. The summed E-state index contributed by atoms with van der Waals surface area (Å²) in [7, 11) is -3.84. The third-order valence-corrected chi connectivity index (χ3v) is 8.39. The van der Waals surface area contributed by atoms with Crippen LogP contribution in [0.15, 0.2) is 77.3 Å². The molecule has 40 heavy (non-hydrogen) atoms. The van der Waals surface area contributed by atoms with Crippen molar-refractivity contribution in [2.75, 3.05) is 17.1 Å². The maximum Gasteiger partial charge on any atom is 0.244 e. The van der Waals surface area contributed by atoms with Crippen LogP contribution in [0.25, 0.3) is 0 Å². The molecule has 3 aromatic carbocycles. The number of nitrogens with one attached hydrogen (secondary N) is 1. The van der Waals surface area contributed by atoms with Gasteiger partial charge in [-0.05, 0) is 74.7 Å². The van der Waals surface area contributed by atoms with Crippen LogP contribution in [0, 0.1) is 6.92 Å². The van der Waals surface area contributed by atoms with Crippen molar-refractivity contribution in [1.82, 2.24) is 10.2 Å². The number of carbonyl (C=O) groups excluding carboxylic acids is 2. The molecule has 1 atom stereocenters. The highest BCUT2D eigenvalue weighted by atomic mass is 79.9. The summed E-state index contributed by atoms with van der Waals surface area (Å²) in [6, 6.07) is 20.6. The van der Waals surface area contributed by atoms with Crippen molar-refractivity contribution >= 4 is 55.1 Å². The van der Waals surface area contributed by atoms with E-state index in [1.807, 2.05) is 64.1 Å². The topological polar surface area (TPSA) is 86.8 Å². The van der Waals surface area contributed by atoms with E-state index in [9.17, 15) is 18.0 Å². The first kappa shape index (κ1) is 31.6. The lowest BCUT2D eigenvalue weighted by Gasteiger charge is -2.35. The Morgan fingerprint density at radius 3 is 2.20 bits per heavy atom. The third-order valence-electron chi connectivity index (χ3n) is 6.12. The summed E-state index contributed by atoms with van der Waals surface area (Å²) in [6.07, 6.45) is 1.30. The molecule has 10 heteroatoms. The van der Waals surface area contributed by atoms with E-state index in [1.165, 1.54) is 4.90 Å². The Labute approximate surface area is 250 Å². The van der Waals surface area contributed by atoms with Gasteiger partial charge in [0, 0.05) is 28.0 Å². The smallest absolute Gasteiger partial charge is 0.244 e. The SMILES string of the molecule is Cc1cc(N(CC(=O)N(Cc2cccc(Cl)c2)[C@H](Cc2ccccc2)C(=O)NC(C)(C)C)S(C)(=O)=O)ccc1Br. The Morgan fingerprint density at radius 2 is 1.62 bits per heavy atom. The maximum atomic E-state index is 14.1. The van der Waals surface area contributed by atoms with Gasteiger partial charge < -0.3 is 10.2 Å². The van der Waals surface area contributed by atoms with E-state index in [0.29, 0.717) is 16.3 Å². The summed E-state index contributed by atoms with van der Waals surface area (Å²) >= 11 is 9.68. The van der Waals surface area contributed by atoms with E-state index in [1.54, 1.807) is 36.4 Å². The van der Waals surface area contributed by atoms with Crippen LogP contribution < -0.4 is 9.62 Å². The van der Waals surface area contributed by atoms with Crippen molar-refractivity contribution in [3.05, 3.63) is 99.0 Å². The fourth-order valence-corrected chi connectivity index (χ4v) is 5.54. The molecule has 214 valence electrons. The van der Waals surface area contributed by atoms with Gasteiger partial charge >= 0.3 is 0 Å². The van der Waals surface area contributed by atoms with Crippen LogP contribution in [0.2, 0.25) is 5.02 Å². The molecule has 7 nitrogen and oxygen atoms in total. The normalized spacial score (nSPS) is 12.5. The minimum absolute atomic E-state index is 0.0609. The minimum Gasteiger partial charge on any atom is -0.350 e. The molecular weight excluding hydrogens is 614 g/mol. The summed E-state index contributed by atoms with van der Waals surface area (Å²) in [4.78, 5) is 29.3. The predicted molar refractivity (Wildman–Crippen MR) is 165 cm³/mol. The number of aryl methyl sites for hydroxylation is 1. The molecule has 0 radical (unpaired) electrons. The van der Waals surface area contributed by atoms with Crippen molar-refractivity contribution in [3.8, 4) is 0 Å². The van der Waals surface area contributed by atoms with Crippen molar-refractivity contribution < 1.29 is 18.0 Å². The van der Waals surface area contributed by atoms with E-state index in [0.717, 1.165) is 26.2 Å². The zero-order valence-electron chi connectivity index (χ0n) is 23.3. The van der Waals surface area contributed by atoms with E-state index in [-0.39, 0.29) is 18.9 Å². The standard InChI is InChI=1S/C30H35BrClN3O4S/c1-21-16-25(14-15-26(21)31)35(40(5,38)39)20-28(36)34(19-23-12-9-13-24(32)17-23)27(29(37)33-30(2,3)4)18-22-10-7-6-8-11-22/h6-17,27H,18-20H2,1-5H3,(H,33,37)/t27-/m1/s1. The van der Waals surface area contributed by atoms with E-state index in [4.69, 9.17) is 11.6 Å². The molecule has 2 amide bonds. The van der Waals surface area contributed by atoms with Gasteiger partial charge in [-0.2, -0.15) is 0 Å². The van der Waals surface area contributed by atoms with E-state index in [2.05, 4.69) is 21.2 Å². The Bertz CT molecular complexity index is 1460.